The number of aromatic amines is 2. The topological polar surface area (TPSA) is 143 Å². The van der Waals surface area contributed by atoms with Crippen LogP contribution in [-0.2, 0) is 23.9 Å². The molecule has 6 rings (SSSR count). The summed E-state index contributed by atoms with van der Waals surface area (Å²) >= 11 is 0. The number of hydrogen-bond donors (Lipinski definition) is 0. The zero-order valence-corrected chi connectivity index (χ0v) is 42.8. The molecule has 0 fully saturated rings. The third kappa shape index (κ3) is 11.6. The Labute approximate surface area is 408 Å². The summed E-state index contributed by atoms with van der Waals surface area (Å²) in [6, 6.07) is 5.74. The number of aryl methyl sites for hydroxylation is 2. The molecule has 5 atom stereocenters. The number of ketones is 1. The summed E-state index contributed by atoms with van der Waals surface area (Å²) in [5, 5.41) is 0. The van der Waals surface area contributed by atoms with E-state index in [0.29, 0.717) is 80.2 Å². The monoisotopic (exact) mass is 909 g/mol. The van der Waals surface area contributed by atoms with Gasteiger partial charge in [-0.2, -0.15) is 0 Å². The fourth-order valence-electron chi connectivity index (χ4n) is 10.2. The Balaban J connectivity index is 0.00000817. The van der Waals surface area contributed by atoms with E-state index >= 15 is 0 Å². The number of aldehydes is 1. The normalized spacial score (nSPS) is 17.8. The fourth-order valence-corrected chi connectivity index (χ4v) is 10.2. The molecule has 8 bridgehead atoms. The molecule has 1 aliphatic carbocycles. The van der Waals surface area contributed by atoms with Crippen molar-refractivity contribution in [3.8, 4) is 0 Å². The van der Waals surface area contributed by atoms with Gasteiger partial charge in [-0.05, 0) is 94.0 Å². The van der Waals surface area contributed by atoms with Gasteiger partial charge in [0, 0.05) is 23.1 Å². The van der Waals surface area contributed by atoms with Crippen LogP contribution in [0.5, 0.6) is 0 Å². The SMILES string of the molecule is C=Cc1c(C)c2cc3[nH+]c(c4c5[n-]c(cc6[nH+]c(cc1[n-]2)C(C=O)=C6CC)c(C)c5C(=O)C4C(=O)OC)[C@@H](CCC(=O)OC/C=C(\C)CCC[C@@H](C)CCC[C@H](C)CCCC(C)C)[C@@H]3C.[Mg+2]. The smallest absolute Gasteiger partial charge is 0.657 e. The van der Waals surface area contributed by atoms with E-state index in [1.165, 1.54) is 57.6 Å². The molecule has 66 heavy (non-hydrogen) atoms. The van der Waals surface area contributed by atoms with Crippen molar-refractivity contribution in [3.05, 3.63) is 87.0 Å². The van der Waals surface area contributed by atoms with Gasteiger partial charge in [-0.1, -0.05) is 116 Å². The van der Waals surface area contributed by atoms with Crippen molar-refractivity contribution in [2.45, 2.75) is 157 Å². The molecule has 11 heteroatoms. The molecule has 5 heterocycles. The fraction of sp³-hybridized carbons (Fsp3) is 0.527. The molecule has 0 spiro atoms. The predicted molar refractivity (Wildman–Crippen MR) is 264 cm³/mol. The predicted octanol–water partition coefficient (Wildman–Crippen LogP) is 10.9. The number of H-pyrrole nitrogens is 2. The Morgan fingerprint density at radius 2 is 1.53 bits per heavy atom. The number of Topliss-reactive ketones (excluding diaryl/α,β-unsaturated/α-hetero) is 1. The van der Waals surface area contributed by atoms with Crippen LogP contribution in [0.25, 0.3) is 39.3 Å². The Hall–Kier alpha value is -4.61. The average molecular weight is 910 g/mol. The van der Waals surface area contributed by atoms with E-state index in [2.05, 4.69) is 58.1 Å². The van der Waals surface area contributed by atoms with E-state index in [9.17, 15) is 19.2 Å². The van der Waals surface area contributed by atoms with Gasteiger partial charge in [-0.3, -0.25) is 19.2 Å². The second-order valence-electron chi connectivity index (χ2n) is 19.5. The number of methoxy groups -OCH3 is 1. The molecule has 3 aromatic rings. The van der Waals surface area contributed by atoms with Crippen molar-refractivity contribution >= 4 is 86.3 Å². The maximum absolute atomic E-state index is 14.4. The van der Waals surface area contributed by atoms with Crippen molar-refractivity contribution in [2.75, 3.05) is 13.7 Å². The molecule has 0 saturated heterocycles. The minimum Gasteiger partial charge on any atom is -0.657 e. The van der Waals surface area contributed by atoms with Gasteiger partial charge in [0.1, 0.15) is 12.5 Å². The summed E-state index contributed by atoms with van der Waals surface area (Å²) in [5.41, 5.74) is 11.0. The molecular weight excluding hydrogens is 837 g/mol. The average Bonchev–Trinajstić information content (AvgIpc) is 4.02. The van der Waals surface area contributed by atoms with E-state index in [4.69, 9.17) is 19.4 Å². The molecule has 0 saturated carbocycles. The molecule has 1 unspecified atom stereocenters. The zero-order valence-electron chi connectivity index (χ0n) is 41.4. The van der Waals surface area contributed by atoms with Crippen molar-refractivity contribution in [1.82, 2.24) is 9.97 Å². The van der Waals surface area contributed by atoms with Crippen LogP contribution in [0.3, 0.4) is 0 Å². The molecule has 0 amide bonds. The van der Waals surface area contributed by atoms with Crippen LogP contribution in [0.15, 0.2) is 36.4 Å². The summed E-state index contributed by atoms with van der Waals surface area (Å²) in [5.74, 6) is -0.738. The van der Waals surface area contributed by atoms with Crippen LogP contribution < -0.4 is 19.9 Å². The zero-order chi connectivity index (χ0) is 47.1. The van der Waals surface area contributed by atoms with Gasteiger partial charge < -0.3 is 19.4 Å². The first kappa shape index (κ1) is 52.4. The molecule has 348 valence electrons. The summed E-state index contributed by atoms with van der Waals surface area (Å²) < 4.78 is 11.0. The first-order chi connectivity index (χ1) is 31.1. The van der Waals surface area contributed by atoms with Gasteiger partial charge in [0.2, 0.25) is 11.4 Å². The van der Waals surface area contributed by atoms with Gasteiger partial charge in [0.25, 0.3) is 0 Å². The minimum absolute atomic E-state index is 0. The van der Waals surface area contributed by atoms with Gasteiger partial charge >= 0.3 is 35.0 Å². The summed E-state index contributed by atoms with van der Waals surface area (Å²) in [6.45, 7) is 23.7. The van der Waals surface area contributed by atoms with E-state index in [1.54, 1.807) is 6.08 Å². The third-order valence-electron chi connectivity index (χ3n) is 14.3. The van der Waals surface area contributed by atoms with Crippen LogP contribution in [-0.4, -0.2) is 60.8 Å². The Kier molecular flexibility index (Phi) is 18.6. The maximum atomic E-state index is 14.4. The van der Waals surface area contributed by atoms with Crippen LogP contribution in [0.2, 0.25) is 0 Å². The molecular formula is C55H72MgN4O6+2. The molecule has 2 aliphatic heterocycles. The number of hydrogen-bond acceptors (Lipinski definition) is 6. The van der Waals surface area contributed by atoms with Crippen LogP contribution in [0, 0.1) is 31.6 Å². The van der Waals surface area contributed by atoms with Crippen molar-refractivity contribution in [1.29, 1.82) is 0 Å². The number of esters is 2. The van der Waals surface area contributed by atoms with E-state index < -0.39 is 11.9 Å². The third-order valence-corrected chi connectivity index (χ3v) is 14.3. The Morgan fingerprint density at radius 1 is 0.879 bits per heavy atom. The number of allylic oxidation sites excluding steroid dienone is 3. The van der Waals surface area contributed by atoms with Gasteiger partial charge in [0.05, 0.1) is 24.5 Å². The molecule has 3 aromatic heterocycles. The standard InChI is InChI=1S/C55H71N4O6.Mg/c1-12-38-35(8)42-27-43-36(9)40(23-24-48(61)65-26-25-34(7)22-16-21-33(6)20-15-19-32(5)18-14-17-31(3)4)52(58-43)50-51(55(63)64-11)54(62)49-37(10)44(59-53(49)50)28-46-39(13-2)41(30-60)47(57-46)29-45(38)56-42;/h12,25,27-33,36,40,51H,1,13-24,26H2,2-11H3,(H-,56,57,58,59,60,62);/q-1;+2/p+1/b34-25+;/t32-,33+,36+,40+,51?;/m1./s1. The minimum atomic E-state index is -1.23. The van der Waals surface area contributed by atoms with Crippen molar-refractivity contribution < 1.29 is 38.6 Å². The number of ether oxygens (including phenoxy) is 2. The molecule has 3 aliphatic rings. The van der Waals surface area contributed by atoms with Crippen LogP contribution in [0.4, 0.5) is 0 Å². The number of carbonyl (C=O) groups is 4. The number of rotatable bonds is 21. The van der Waals surface area contributed by atoms with Gasteiger partial charge in [0.15, 0.2) is 23.5 Å². The summed E-state index contributed by atoms with van der Waals surface area (Å²) in [7, 11) is 1.28. The van der Waals surface area contributed by atoms with Crippen LogP contribution >= 0.6 is 0 Å². The van der Waals surface area contributed by atoms with Crippen molar-refractivity contribution in [2.24, 2.45) is 17.8 Å². The van der Waals surface area contributed by atoms with E-state index in [0.717, 1.165) is 53.4 Å². The van der Waals surface area contributed by atoms with E-state index in [-0.39, 0.29) is 59.7 Å². The largest absolute Gasteiger partial charge is 2.00 e. The first-order valence-corrected chi connectivity index (χ1v) is 24.1. The molecule has 0 aromatic carbocycles. The Morgan fingerprint density at radius 3 is 2.17 bits per heavy atom. The number of nitrogens with zero attached hydrogens (tertiary/aromatic N) is 2. The van der Waals surface area contributed by atoms with Gasteiger partial charge in [-0.15, -0.1) is 22.1 Å². The second-order valence-corrected chi connectivity index (χ2v) is 19.5. The number of carbonyl (C=O) groups excluding carboxylic acids is 4. The first-order valence-electron chi connectivity index (χ1n) is 24.1. The second kappa shape index (κ2) is 23.4. The number of aromatic nitrogens is 4. The number of fused-ring (bicyclic) bond motifs is 8. The Bertz CT molecular complexity index is 2540. The molecule has 2 N–H and O–H groups in total. The van der Waals surface area contributed by atoms with Crippen LogP contribution in [0.1, 0.15) is 199 Å². The molecule has 0 radical (unpaired) electrons. The van der Waals surface area contributed by atoms with E-state index in [1.807, 2.05) is 45.0 Å². The maximum Gasteiger partial charge on any atom is 2.00 e. The summed E-state index contributed by atoms with van der Waals surface area (Å²) in [4.78, 5) is 71.2. The summed E-state index contributed by atoms with van der Waals surface area (Å²) in [6.07, 6.45) is 17.0. The quantitative estimate of drug-likeness (QED) is 0.0338. The number of nitrogens with one attached hydrogen (secondary N) is 2. The van der Waals surface area contributed by atoms with Gasteiger partial charge in [-0.25, -0.2) is 9.97 Å². The molecule has 10 nitrogen and oxygen atoms in total. The van der Waals surface area contributed by atoms with Crippen molar-refractivity contribution in [3.63, 3.8) is 0 Å².